The lowest BCUT2D eigenvalue weighted by Gasteiger charge is -2.08. The summed E-state index contributed by atoms with van der Waals surface area (Å²) < 4.78 is 7.61. The first kappa shape index (κ1) is 19.6. The molecule has 0 aliphatic carbocycles. The molecule has 0 bridgehead atoms. The van der Waals surface area contributed by atoms with Gasteiger partial charge in [0.05, 0.1) is 16.8 Å². The van der Waals surface area contributed by atoms with Crippen LogP contribution in [0.5, 0.6) is 0 Å². The molecule has 1 heterocycles. The van der Waals surface area contributed by atoms with Crippen LogP contribution >= 0.6 is 34.5 Å². The van der Waals surface area contributed by atoms with E-state index in [0.29, 0.717) is 20.4 Å². The minimum atomic E-state index is -0.417. The second kappa shape index (κ2) is 8.25. The zero-order valence-corrected chi connectivity index (χ0v) is 17.0. The van der Waals surface area contributed by atoms with Crippen LogP contribution in [0.4, 0.5) is 0 Å². The zero-order chi connectivity index (χ0) is 19.6. The van der Waals surface area contributed by atoms with Crippen LogP contribution in [0, 0.1) is 6.92 Å². The van der Waals surface area contributed by atoms with Crippen molar-refractivity contribution in [3.05, 3.63) is 62.4 Å². The van der Waals surface area contributed by atoms with Crippen LogP contribution in [0.3, 0.4) is 0 Å². The molecule has 0 aliphatic heterocycles. The number of amides is 1. The maximum atomic E-state index is 12.6. The average molecular weight is 423 g/mol. The van der Waals surface area contributed by atoms with Gasteiger partial charge in [0.15, 0.2) is 4.80 Å². The molecule has 0 unspecified atom stereocenters. The molecule has 0 radical (unpaired) electrons. The van der Waals surface area contributed by atoms with Gasteiger partial charge in [0.25, 0.3) is 5.91 Å². The monoisotopic (exact) mass is 422 g/mol. The standard InChI is InChI=1S/C19H16Cl2N2O3S/c1-3-26-16(24)10-23-17-11(2)14(21)8-9-15(17)27-19(23)22-18(25)12-4-6-13(20)7-5-12/h4-9H,3,10H2,1-2H3. The summed E-state index contributed by atoms with van der Waals surface area (Å²) in [5.41, 5.74) is 1.99. The van der Waals surface area contributed by atoms with Gasteiger partial charge in [-0.05, 0) is 55.8 Å². The number of hydrogen-bond donors (Lipinski definition) is 0. The van der Waals surface area contributed by atoms with Crippen molar-refractivity contribution >= 4 is 56.6 Å². The first-order valence-corrected chi connectivity index (χ1v) is 9.76. The van der Waals surface area contributed by atoms with Gasteiger partial charge < -0.3 is 9.30 Å². The number of benzene rings is 2. The molecule has 0 aliphatic rings. The van der Waals surface area contributed by atoms with Crippen LogP contribution in [-0.2, 0) is 16.1 Å². The highest BCUT2D eigenvalue weighted by atomic mass is 35.5. The Labute approximate surface area is 169 Å². The normalized spacial score (nSPS) is 11.8. The Balaban J connectivity index is 2.16. The van der Waals surface area contributed by atoms with Crippen molar-refractivity contribution in [3.63, 3.8) is 0 Å². The number of ether oxygens (including phenoxy) is 1. The van der Waals surface area contributed by atoms with E-state index in [9.17, 15) is 9.59 Å². The molecule has 0 fully saturated rings. The van der Waals surface area contributed by atoms with E-state index in [0.717, 1.165) is 15.8 Å². The second-order valence-electron chi connectivity index (χ2n) is 5.72. The Morgan fingerprint density at radius 3 is 2.52 bits per heavy atom. The van der Waals surface area contributed by atoms with Gasteiger partial charge in [-0.25, -0.2) is 0 Å². The van der Waals surface area contributed by atoms with Crippen molar-refractivity contribution < 1.29 is 14.3 Å². The molecule has 0 saturated heterocycles. The molecule has 3 rings (SSSR count). The van der Waals surface area contributed by atoms with Gasteiger partial charge in [-0.2, -0.15) is 4.99 Å². The fourth-order valence-corrected chi connectivity index (χ4v) is 3.99. The van der Waals surface area contributed by atoms with Gasteiger partial charge >= 0.3 is 5.97 Å². The maximum Gasteiger partial charge on any atom is 0.326 e. The molecule has 1 amide bonds. The molecular formula is C19H16Cl2N2O3S. The van der Waals surface area contributed by atoms with Crippen LogP contribution in [-0.4, -0.2) is 23.1 Å². The molecule has 1 aromatic heterocycles. The minimum Gasteiger partial charge on any atom is -0.465 e. The molecule has 0 saturated carbocycles. The van der Waals surface area contributed by atoms with E-state index >= 15 is 0 Å². The SMILES string of the molecule is CCOC(=O)Cn1c(=NC(=O)c2ccc(Cl)cc2)sc2ccc(Cl)c(C)c21. The van der Waals surface area contributed by atoms with Gasteiger partial charge in [0.2, 0.25) is 0 Å². The number of aryl methyl sites for hydroxylation is 1. The average Bonchev–Trinajstić information content (AvgIpc) is 2.97. The lowest BCUT2D eigenvalue weighted by molar-refractivity contribution is -0.143. The Morgan fingerprint density at radius 1 is 1.15 bits per heavy atom. The van der Waals surface area contributed by atoms with Gasteiger partial charge in [0, 0.05) is 15.6 Å². The highest BCUT2D eigenvalue weighted by molar-refractivity contribution is 7.16. The number of hydrogen-bond acceptors (Lipinski definition) is 4. The molecule has 2 aromatic carbocycles. The number of esters is 1. The predicted octanol–water partition coefficient (Wildman–Crippen LogP) is 4.62. The molecule has 27 heavy (non-hydrogen) atoms. The Bertz CT molecular complexity index is 1080. The van der Waals surface area contributed by atoms with E-state index in [-0.39, 0.29) is 13.2 Å². The summed E-state index contributed by atoms with van der Waals surface area (Å²) in [7, 11) is 0. The highest BCUT2D eigenvalue weighted by Gasteiger charge is 2.15. The maximum absolute atomic E-state index is 12.6. The molecule has 0 spiro atoms. The summed E-state index contributed by atoms with van der Waals surface area (Å²) in [6.45, 7) is 3.83. The number of fused-ring (bicyclic) bond motifs is 1. The van der Waals surface area contributed by atoms with Gasteiger partial charge in [-0.3, -0.25) is 9.59 Å². The topological polar surface area (TPSA) is 60.7 Å². The molecule has 8 heteroatoms. The quantitative estimate of drug-likeness (QED) is 0.576. The first-order valence-electron chi connectivity index (χ1n) is 8.19. The van der Waals surface area contributed by atoms with Crippen molar-refractivity contribution in [2.75, 3.05) is 6.61 Å². The summed E-state index contributed by atoms with van der Waals surface area (Å²) in [5.74, 6) is -0.823. The Morgan fingerprint density at radius 2 is 1.85 bits per heavy atom. The van der Waals surface area contributed by atoms with E-state index < -0.39 is 11.9 Å². The van der Waals surface area contributed by atoms with Crippen molar-refractivity contribution in [3.8, 4) is 0 Å². The Kier molecular flexibility index (Phi) is 5.99. The van der Waals surface area contributed by atoms with Gasteiger partial charge in [-0.1, -0.05) is 34.5 Å². The van der Waals surface area contributed by atoms with E-state index in [4.69, 9.17) is 27.9 Å². The summed E-state index contributed by atoms with van der Waals surface area (Å²) in [5, 5.41) is 1.12. The lowest BCUT2D eigenvalue weighted by atomic mass is 10.2. The number of halogens is 2. The van der Waals surface area contributed by atoms with Crippen LogP contribution in [0.15, 0.2) is 41.4 Å². The van der Waals surface area contributed by atoms with Crippen molar-refractivity contribution in [2.24, 2.45) is 4.99 Å². The number of carbonyl (C=O) groups excluding carboxylic acids is 2. The fourth-order valence-electron chi connectivity index (χ4n) is 2.63. The summed E-state index contributed by atoms with van der Waals surface area (Å²) in [6, 6.07) is 10.1. The fraction of sp³-hybridized carbons (Fsp3) is 0.211. The highest BCUT2D eigenvalue weighted by Crippen LogP contribution is 2.27. The van der Waals surface area contributed by atoms with Crippen LogP contribution < -0.4 is 4.80 Å². The van der Waals surface area contributed by atoms with E-state index in [1.165, 1.54) is 11.3 Å². The van der Waals surface area contributed by atoms with Crippen LogP contribution in [0.1, 0.15) is 22.8 Å². The summed E-state index contributed by atoms with van der Waals surface area (Å²) in [4.78, 5) is 29.3. The predicted molar refractivity (Wildman–Crippen MR) is 108 cm³/mol. The number of carbonyl (C=O) groups is 2. The molecule has 3 aromatic rings. The smallest absolute Gasteiger partial charge is 0.326 e. The third-order valence-corrected chi connectivity index (χ3v) is 5.62. The minimum absolute atomic E-state index is 0.0538. The molecule has 140 valence electrons. The molecule has 0 N–H and O–H groups in total. The van der Waals surface area contributed by atoms with Crippen LogP contribution in [0.2, 0.25) is 10.0 Å². The third-order valence-electron chi connectivity index (χ3n) is 3.91. The van der Waals surface area contributed by atoms with Crippen molar-refractivity contribution in [1.82, 2.24) is 4.57 Å². The van der Waals surface area contributed by atoms with E-state index in [1.54, 1.807) is 41.8 Å². The number of rotatable bonds is 4. The number of thiazole rings is 1. The summed E-state index contributed by atoms with van der Waals surface area (Å²) >= 11 is 13.4. The van der Waals surface area contributed by atoms with Crippen LogP contribution in [0.25, 0.3) is 10.2 Å². The second-order valence-corrected chi connectivity index (χ2v) is 7.57. The first-order chi connectivity index (χ1) is 12.9. The van der Waals surface area contributed by atoms with Gasteiger partial charge in [0.1, 0.15) is 6.54 Å². The molecular weight excluding hydrogens is 407 g/mol. The van der Waals surface area contributed by atoms with E-state index in [1.807, 2.05) is 13.0 Å². The largest absolute Gasteiger partial charge is 0.465 e. The van der Waals surface area contributed by atoms with Gasteiger partial charge in [-0.15, -0.1) is 0 Å². The summed E-state index contributed by atoms with van der Waals surface area (Å²) in [6.07, 6.45) is 0. The third kappa shape index (κ3) is 4.24. The molecule has 0 atom stereocenters. The number of nitrogens with zero attached hydrogens (tertiary/aromatic N) is 2. The van der Waals surface area contributed by atoms with Crippen molar-refractivity contribution in [1.29, 1.82) is 0 Å². The lowest BCUT2D eigenvalue weighted by Crippen LogP contribution is -2.23. The Hall–Kier alpha value is -2.15. The zero-order valence-electron chi connectivity index (χ0n) is 14.7. The van der Waals surface area contributed by atoms with Crippen molar-refractivity contribution in [2.45, 2.75) is 20.4 Å². The molecule has 5 nitrogen and oxygen atoms in total. The number of aromatic nitrogens is 1. The van der Waals surface area contributed by atoms with E-state index in [2.05, 4.69) is 4.99 Å².